The van der Waals surface area contributed by atoms with E-state index >= 15 is 0 Å². The molecular formula is C21H27N2+. The van der Waals surface area contributed by atoms with Crippen molar-refractivity contribution < 1.29 is 4.59 Å². The SMILES string of the molecule is C=C1N[N+]2(C=CC=C(C)C2=C)CC1(C)c1ccc(C(C)C)cc1. The summed E-state index contributed by atoms with van der Waals surface area (Å²) in [5, 5.41) is 0. The minimum absolute atomic E-state index is 0.111. The molecule has 1 aromatic carbocycles. The van der Waals surface area contributed by atoms with Crippen LogP contribution in [0.4, 0.5) is 0 Å². The van der Waals surface area contributed by atoms with E-state index < -0.39 is 0 Å². The molecule has 2 heteroatoms. The number of allylic oxidation sites excluding steroid dienone is 3. The van der Waals surface area contributed by atoms with Gasteiger partial charge in [-0.2, -0.15) is 4.59 Å². The molecule has 2 aliphatic heterocycles. The molecule has 2 heterocycles. The van der Waals surface area contributed by atoms with Crippen molar-refractivity contribution in [1.29, 1.82) is 0 Å². The first-order chi connectivity index (χ1) is 10.8. The Kier molecular flexibility index (Phi) is 3.61. The minimum atomic E-state index is -0.111. The average Bonchev–Trinajstić information content (AvgIpc) is 2.78. The Balaban J connectivity index is 1.97. The molecule has 0 aliphatic carbocycles. The summed E-state index contributed by atoms with van der Waals surface area (Å²) in [7, 11) is 0. The Bertz CT molecular complexity index is 721. The van der Waals surface area contributed by atoms with Gasteiger partial charge in [0.2, 0.25) is 0 Å². The van der Waals surface area contributed by atoms with Crippen molar-refractivity contribution >= 4 is 0 Å². The summed E-state index contributed by atoms with van der Waals surface area (Å²) in [6.45, 7) is 18.4. The number of rotatable bonds is 2. The van der Waals surface area contributed by atoms with E-state index in [1.54, 1.807) is 0 Å². The molecular weight excluding hydrogens is 280 g/mol. The number of benzene rings is 1. The van der Waals surface area contributed by atoms with E-state index in [-0.39, 0.29) is 5.41 Å². The maximum absolute atomic E-state index is 4.33. The first-order valence-corrected chi connectivity index (χ1v) is 8.30. The van der Waals surface area contributed by atoms with Crippen molar-refractivity contribution in [2.45, 2.75) is 39.0 Å². The number of quaternary nitrogens is 1. The number of hydrogen-bond donors (Lipinski definition) is 1. The molecule has 0 saturated carbocycles. The second-order valence-corrected chi connectivity index (χ2v) is 7.36. The molecule has 2 nitrogen and oxygen atoms in total. The smallest absolute Gasteiger partial charge is 0.157 e. The topological polar surface area (TPSA) is 12.0 Å². The van der Waals surface area contributed by atoms with Gasteiger partial charge in [-0.15, -0.1) is 0 Å². The third-order valence-electron chi connectivity index (χ3n) is 5.40. The fraction of sp³-hybridized carbons (Fsp3) is 0.333. The molecule has 0 bridgehead atoms. The standard InChI is InChI=1S/C21H27N2/c1-15(2)19-9-11-20(12-10-19)21(6)14-23(22-18(21)5)13-7-8-16(3)17(23)4/h7-13,15,22H,4-5,14H2,1-3,6H3/q+1. The average molecular weight is 307 g/mol. The molecule has 1 N–H and O–H groups in total. The van der Waals surface area contributed by atoms with Crippen LogP contribution in [0.15, 0.2) is 72.7 Å². The van der Waals surface area contributed by atoms with Gasteiger partial charge in [-0.1, -0.05) is 44.7 Å². The van der Waals surface area contributed by atoms with E-state index in [1.165, 1.54) is 16.7 Å². The van der Waals surface area contributed by atoms with Crippen molar-refractivity contribution in [3.8, 4) is 0 Å². The minimum Gasteiger partial charge on any atom is -0.230 e. The fourth-order valence-corrected chi connectivity index (χ4v) is 3.59. The summed E-state index contributed by atoms with van der Waals surface area (Å²) in [6.07, 6.45) is 6.40. The van der Waals surface area contributed by atoms with Crippen molar-refractivity contribution in [1.82, 2.24) is 5.43 Å². The molecule has 2 unspecified atom stereocenters. The lowest BCUT2D eigenvalue weighted by Gasteiger charge is -2.33. The molecule has 2 atom stereocenters. The van der Waals surface area contributed by atoms with Gasteiger partial charge >= 0.3 is 0 Å². The van der Waals surface area contributed by atoms with Gasteiger partial charge in [0.1, 0.15) is 12.7 Å². The molecule has 23 heavy (non-hydrogen) atoms. The van der Waals surface area contributed by atoms with E-state index in [9.17, 15) is 0 Å². The predicted octanol–water partition coefficient (Wildman–Crippen LogP) is 4.90. The van der Waals surface area contributed by atoms with Crippen molar-refractivity contribution in [2.24, 2.45) is 0 Å². The first-order valence-electron chi connectivity index (χ1n) is 8.30. The summed E-state index contributed by atoms with van der Waals surface area (Å²) >= 11 is 0. The molecule has 0 aromatic heterocycles. The van der Waals surface area contributed by atoms with Gasteiger partial charge < -0.3 is 0 Å². The van der Waals surface area contributed by atoms with Gasteiger partial charge in [-0.05, 0) is 49.6 Å². The van der Waals surface area contributed by atoms with Gasteiger partial charge in [0.25, 0.3) is 0 Å². The van der Waals surface area contributed by atoms with Crippen molar-refractivity contribution in [3.05, 3.63) is 83.9 Å². The van der Waals surface area contributed by atoms with Crippen LogP contribution in [-0.2, 0) is 5.41 Å². The van der Waals surface area contributed by atoms with Crippen LogP contribution >= 0.6 is 0 Å². The highest BCUT2D eigenvalue weighted by Gasteiger charge is 2.51. The highest BCUT2D eigenvalue weighted by Crippen LogP contribution is 2.43. The normalized spacial score (nSPS) is 30.0. The van der Waals surface area contributed by atoms with Crippen LogP contribution in [0.3, 0.4) is 0 Å². The van der Waals surface area contributed by atoms with Crippen LogP contribution in [0.1, 0.15) is 44.7 Å². The molecule has 0 amide bonds. The summed E-state index contributed by atoms with van der Waals surface area (Å²) in [5.41, 5.74) is 9.52. The zero-order valence-corrected chi connectivity index (χ0v) is 14.7. The lowest BCUT2D eigenvalue weighted by atomic mass is 9.80. The quantitative estimate of drug-likeness (QED) is 0.766. The molecule has 120 valence electrons. The maximum atomic E-state index is 4.33. The van der Waals surface area contributed by atoms with Crippen LogP contribution in [-0.4, -0.2) is 11.1 Å². The highest BCUT2D eigenvalue weighted by molar-refractivity contribution is 5.39. The van der Waals surface area contributed by atoms with Gasteiger partial charge in [0.05, 0.1) is 11.1 Å². The largest absolute Gasteiger partial charge is 0.230 e. The predicted molar refractivity (Wildman–Crippen MR) is 97.3 cm³/mol. The third-order valence-corrected chi connectivity index (χ3v) is 5.40. The van der Waals surface area contributed by atoms with Crippen molar-refractivity contribution in [2.75, 3.05) is 6.54 Å². The van der Waals surface area contributed by atoms with Gasteiger partial charge in [0, 0.05) is 5.57 Å². The van der Waals surface area contributed by atoms with E-state index in [4.69, 9.17) is 0 Å². The lowest BCUT2D eigenvalue weighted by Crippen LogP contribution is -2.48. The molecule has 3 rings (SSSR count). The Hall–Kier alpha value is -2.06. The van der Waals surface area contributed by atoms with Gasteiger partial charge in [0.15, 0.2) is 5.70 Å². The Morgan fingerprint density at radius 2 is 1.83 bits per heavy atom. The highest BCUT2D eigenvalue weighted by atomic mass is 15.7. The number of nitrogens with zero attached hydrogens (tertiary/aromatic N) is 1. The van der Waals surface area contributed by atoms with Crippen LogP contribution in [0.2, 0.25) is 0 Å². The van der Waals surface area contributed by atoms with E-state index in [0.717, 1.165) is 17.9 Å². The summed E-state index contributed by atoms with van der Waals surface area (Å²) in [6, 6.07) is 8.99. The Morgan fingerprint density at radius 3 is 2.43 bits per heavy atom. The van der Waals surface area contributed by atoms with Crippen LogP contribution in [0, 0.1) is 0 Å². The lowest BCUT2D eigenvalue weighted by molar-refractivity contribution is -0.870. The molecule has 2 aliphatic rings. The van der Waals surface area contributed by atoms with Crippen LogP contribution < -0.4 is 5.43 Å². The van der Waals surface area contributed by atoms with Crippen LogP contribution in [0.25, 0.3) is 0 Å². The fourth-order valence-electron chi connectivity index (χ4n) is 3.59. The van der Waals surface area contributed by atoms with Crippen LogP contribution in [0.5, 0.6) is 0 Å². The van der Waals surface area contributed by atoms with Gasteiger partial charge in [-0.25, -0.2) is 5.43 Å². The Labute approximate surface area is 140 Å². The molecule has 1 saturated heterocycles. The Morgan fingerprint density at radius 1 is 1.17 bits per heavy atom. The maximum Gasteiger partial charge on any atom is 0.157 e. The number of hydrogen-bond acceptors (Lipinski definition) is 1. The second-order valence-electron chi connectivity index (χ2n) is 7.36. The molecule has 0 radical (unpaired) electrons. The molecule has 1 fully saturated rings. The van der Waals surface area contributed by atoms with Gasteiger partial charge in [-0.3, -0.25) is 0 Å². The second kappa shape index (κ2) is 5.24. The van der Waals surface area contributed by atoms with E-state index in [0.29, 0.717) is 10.5 Å². The van der Waals surface area contributed by atoms with E-state index in [2.05, 4.69) is 88.9 Å². The number of nitrogens with one attached hydrogen (secondary N) is 1. The van der Waals surface area contributed by atoms with E-state index in [1.807, 2.05) is 0 Å². The zero-order chi connectivity index (χ0) is 16.8. The summed E-state index contributed by atoms with van der Waals surface area (Å²) in [4.78, 5) is 0. The summed E-state index contributed by atoms with van der Waals surface area (Å²) in [5.74, 6) is 0.553. The third kappa shape index (κ3) is 2.38. The molecule has 1 spiro atoms. The molecule has 1 aromatic rings. The monoisotopic (exact) mass is 307 g/mol. The van der Waals surface area contributed by atoms with Crippen molar-refractivity contribution in [3.63, 3.8) is 0 Å². The first kappa shape index (κ1) is 15.8. The summed E-state index contributed by atoms with van der Waals surface area (Å²) < 4.78 is 0.573. The zero-order valence-electron chi connectivity index (χ0n) is 14.7.